The van der Waals surface area contributed by atoms with Crippen LogP contribution in [0.1, 0.15) is 25.0 Å². The van der Waals surface area contributed by atoms with Crippen LogP contribution in [0.5, 0.6) is 0 Å². The molecular weight excluding hydrogens is 330 g/mol. The predicted octanol–water partition coefficient (Wildman–Crippen LogP) is 3.98. The molecule has 0 fully saturated rings. The summed E-state index contributed by atoms with van der Waals surface area (Å²) < 4.78 is 5.38. The van der Waals surface area contributed by atoms with Gasteiger partial charge in [0.15, 0.2) is 0 Å². The molecule has 0 radical (unpaired) electrons. The Morgan fingerprint density at radius 2 is 1.50 bits per heavy atom. The first kappa shape index (κ1) is 19.5. The number of carboxylic acid groups (broad SMARTS) is 1. The van der Waals surface area contributed by atoms with Gasteiger partial charge in [-0.2, -0.15) is 0 Å². The molecule has 2 rings (SSSR count). The third-order valence-corrected chi connectivity index (χ3v) is 3.93. The maximum atomic E-state index is 12.6. The predicted molar refractivity (Wildman–Crippen MR) is 99.7 cm³/mol. The molecule has 0 bridgehead atoms. The van der Waals surface area contributed by atoms with Gasteiger partial charge in [0.2, 0.25) is 0 Å². The van der Waals surface area contributed by atoms with Crippen molar-refractivity contribution in [2.45, 2.75) is 32.9 Å². The number of amides is 1. The number of benzene rings is 2. The molecular formula is C21H25NO4. The lowest BCUT2D eigenvalue weighted by Crippen LogP contribution is -2.48. The Morgan fingerprint density at radius 1 is 0.962 bits per heavy atom. The molecule has 5 nitrogen and oxygen atoms in total. The van der Waals surface area contributed by atoms with E-state index in [1.54, 1.807) is 0 Å². The molecule has 0 saturated carbocycles. The number of ether oxygens (including phenoxy) is 1. The fourth-order valence-corrected chi connectivity index (χ4v) is 2.69. The largest absolute Gasteiger partial charge is 0.480 e. The summed E-state index contributed by atoms with van der Waals surface area (Å²) in [5, 5.41) is 9.70. The van der Waals surface area contributed by atoms with Crippen molar-refractivity contribution >= 4 is 12.1 Å². The Balaban J connectivity index is 2.13. The van der Waals surface area contributed by atoms with Gasteiger partial charge in [-0.25, -0.2) is 9.59 Å². The van der Waals surface area contributed by atoms with E-state index < -0.39 is 18.1 Å². The highest BCUT2D eigenvalue weighted by atomic mass is 16.6. The number of aliphatic carboxylic acids is 1. The molecule has 0 unspecified atom stereocenters. The highest BCUT2D eigenvalue weighted by molar-refractivity contribution is 5.80. The van der Waals surface area contributed by atoms with E-state index in [0.29, 0.717) is 6.54 Å². The number of rotatable bonds is 8. The smallest absolute Gasteiger partial charge is 0.410 e. The first-order valence-corrected chi connectivity index (χ1v) is 8.71. The molecule has 1 amide bonds. The van der Waals surface area contributed by atoms with E-state index >= 15 is 0 Å². The monoisotopic (exact) mass is 355 g/mol. The second kappa shape index (κ2) is 9.61. The molecule has 2 aromatic rings. The standard InChI is InChI=1S/C21H25NO4/c1-16(2)14-22(21(25)26-15-18-11-7-4-8-12-18)19(20(23)24)13-17-9-5-3-6-10-17/h3-12,16,19H,13-15H2,1-2H3,(H,23,24)/t19-/m0/s1. The highest BCUT2D eigenvalue weighted by Crippen LogP contribution is 2.14. The molecule has 26 heavy (non-hydrogen) atoms. The maximum absolute atomic E-state index is 12.6. The third kappa shape index (κ3) is 5.92. The van der Waals surface area contributed by atoms with Gasteiger partial charge < -0.3 is 9.84 Å². The van der Waals surface area contributed by atoms with Gasteiger partial charge in [-0.1, -0.05) is 74.5 Å². The second-order valence-electron chi connectivity index (χ2n) is 6.63. The van der Waals surface area contributed by atoms with Gasteiger partial charge in [0.05, 0.1) is 0 Å². The fraction of sp³-hybridized carbons (Fsp3) is 0.333. The van der Waals surface area contributed by atoms with E-state index in [-0.39, 0.29) is 18.9 Å². The van der Waals surface area contributed by atoms with Crippen LogP contribution in [0.25, 0.3) is 0 Å². The van der Waals surface area contributed by atoms with Crippen LogP contribution in [-0.2, 0) is 22.6 Å². The van der Waals surface area contributed by atoms with E-state index in [1.165, 1.54) is 4.90 Å². The zero-order chi connectivity index (χ0) is 18.9. The number of carbonyl (C=O) groups is 2. The van der Waals surface area contributed by atoms with E-state index in [9.17, 15) is 14.7 Å². The SMILES string of the molecule is CC(C)CN(C(=O)OCc1ccccc1)[C@@H](Cc1ccccc1)C(=O)O. The Kier molecular flexibility index (Phi) is 7.21. The van der Waals surface area contributed by atoms with Gasteiger partial charge in [-0.3, -0.25) is 4.90 Å². The van der Waals surface area contributed by atoms with Crippen LogP contribution in [-0.4, -0.2) is 34.7 Å². The summed E-state index contributed by atoms with van der Waals surface area (Å²) >= 11 is 0. The van der Waals surface area contributed by atoms with Gasteiger partial charge in [-0.15, -0.1) is 0 Å². The number of carboxylic acids is 1. The molecule has 0 aromatic heterocycles. The van der Waals surface area contributed by atoms with Crippen LogP contribution < -0.4 is 0 Å². The zero-order valence-electron chi connectivity index (χ0n) is 15.2. The van der Waals surface area contributed by atoms with Crippen molar-refractivity contribution in [3.8, 4) is 0 Å². The minimum atomic E-state index is -1.04. The van der Waals surface area contributed by atoms with Crippen LogP contribution in [0, 0.1) is 5.92 Å². The van der Waals surface area contributed by atoms with E-state index in [0.717, 1.165) is 11.1 Å². The van der Waals surface area contributed by atoms with Crippen LogP contribution >= 0.6 is 0 Å². The number of hydrogen-bond acceptors (Lipinski definition) is 3. The molecule has 0 aliphatic heterocycles. The van der Waals surface area contributed by atoms with Gasteiger partial charge >= 0.3 is 12.1 Å². The van der Waals surface area contributed by atoms with Crippen molar-refractivity contribution in [3.63, 3.8) is 0 Å². The number of hydrogen-bond donors (Lipinski definition) is 1. The normalized spacial score (nSPS) is 11.8. The summed E-state index contributed by atoms with van der Waals surface area (Å²) in [7, 11) is 0. The second-order valence-corrected chi connectivity index (χ2v) is 6.63. The Labute approximate surface area is 154 Å². The van der Waals surface area contributed by atoms with Crippen LogP contribution in [0.3, 0.4) is 0 Å². The maximum Gasteiger partial charge on any atom is 0.410 e. The number of nitrogens with zero attached hydrogens (tertiary/aromatic N) is 1. The van der Waals surface area contributed by atoms with Crippen molar-refractivity contribution < 1.29 is 19.4 Å². The molecule has 0 spiro atoms. The van der Waals surface area contributed by atoms with Crippen LogP contribution in [0.4, 0.5) is 4.79 Å². The zero-order valence-corrected chi connectivity index (χ0v) is 15.2. The quantitative estimate of drug-likeness (QED) is 0.778. The molecule has 0 saturated heterocycles. The van der Waals surface area contributed by atoms with Crippen LogP contribution in [0.15, 0.2) is 60.7 Å². The lowest BCUT2D eigenvalue weighted by molar-refractivity contribution is -0.143. The molecule has 0 heterocycles. The summed E-state index contributed by atoms with van der Waals surface area (Å²) in [6, 6.07) is 17.7. The highest BCUT2D eigenvalue weighted by Gasteiger charge is 2.31. The minimum Gasteiger partial charge on any atom is -0.480 e. The van der Waals surface area contributed by atoms with E-state index in [4.69, 9.17) is 4.74 Å². The fourth-order valence-electron chi connectivity index (χ4n) is 2.69. The van der Waals surface area contributed by atoms with Crippen molar-refractivity contribution in [2.75, 3.05) is 6.54 Å². The Hall–Kier alpha value is -2.82. The minimum absolute atomic E-state index is 0.117. The van der Waals surface area contributed by atoms with Crippen molar-refractivity contribution in [3.05, 3.63) is 71.8 Å². The molecule has 0 aliphatic rings. The average Bonchev–Trinajstić information content (AvgIpc) is 2.64. The van der Waals surface area contributed by atoms with Gasteiger partial charge in [0.1, 0.15) is 12.6 Å². The summed E-state index contributed by atoms with van der Waals surface area (Å²) in [4.78, 5) is 25.8. The molecule has 1 N–H and O–H groups in total. The number of carbonyl (C=O) groups excluding carboxylic acids is 1. The first-order valence-electron chi connectivity index (χ1n) is 8.71. The Bertz CT molecular complexity index is 700. The summed E-state index contributed by atoms with van der Waals surface area (Å²) in [5.41, 5.74) is 1.73. The van der Waals surface area contributed by atoms with E-state index in [1.807, 2.05) is 74.5 Å². The summed E-state index contributed by atoms with van der Waals surface area (Å²) in [5.74, 6) is -0.914. The molecule has 1 atom stereocenters. The lowest BCUT2D eigenvalue weighted by atomic mass is 10.0. The lowest BCUT2D eigenvalue weighted by Gasteiger charge is -2.29. The van der Waals surface area contributed by atoms with Gasteiger partial charge in [0, 0.05) is 13.0 Å². The van der Waals surface area contributed by atoms with Gasteiger partial charge in [-0.05, 0) is 17.0 Å². The summed E-state index contributed by atoms with van der Waals surface area (Å²) in [6.07, 6.45) is -0.366. The molecule has 0 aliphatic carbocycles. The van der Waals surface area contributed by atoms with Crippen molar-refractivity contribution in [1.82, 2.24) is 4.90 Å². The molecule has 138 valence electrons. The third-order valence-electron chi connectivity index (χ3n) is 3.93. The molecule has 2 aromatic carbocycles. The topological polar surface area (TPSA) is 66.8 Å². The van der Waals surface area contributed by atoms with Crippen molar-refractivity contribution in [1.29, 1.82) is 0 Å². The Morgan fingerprint density at radius 3 is 2.00 bits per heavy atom. The van der Waals surface area contributed by atoms with Gasteiger partial charge in [0.25, 0.3) is 0 Å². The van der Waals surface area contributed by atoms with E-state index in [2.05, 4.69) is 0 Å². The first-order chi connectivity index (χ1) is 12.5. The summed E-state index contributed by atoms with van der Waals surface area (Å²) in [6.45, 7) is 4.32. The average molecular weight is 355 g/mol. The van der Waals surface area contributed by atoms with Crippen molar-refractivity contribution in [2.24, 2.45) is 5.92 Å². The van der Waals surface area contributed by atoms with Crippen LogP contribution in [0.2, 0.25) is 0 Å². The molecule has 5 heteroatoms.